The number of hydrogen-bond acceptors (Lipinski definition) is 7. The van der Waals surface area contributed by atoms with Gasteiger partial charge in [-0.25, -0.2) is 10.2 Å². The van der Waals surface area contributed by atoms with Gasteiger partial charge in [0.1, 0.15) is 0 Å². The molecule has 1 aromatic rings. The number of rotatable bonds is 7. The highest BCUT2D eigenvalue weighted by Crippen LogP contribution is 2.63. The summed E-state index contributed by atoms with van der Waals surface area (Å²) in [5.41, 5.74) is 3.93. The molecule has 8 heteroatoms. The van der Waals surface area contributed by atoms with Gasteiger partial charge >= 0.3 is 5.97 Å². The summed E-state index contributed by atoms with van der Waals surface area (Å²) in [7, 11) is 4.38. The zero-order valence-electron chi connectivity index (χ0n) is 18.5. The molecule has 2 aliphatic rings. The second-order valence-electron chi connectivity index (χ2n) is 8.58. The Morgan fingerprint density at radius 3 is 2.20 bits per heavy atom. The van der Waals surface area contributed by atoms with E-state index >= 15 is 0 Å². The van der Waals surface area contributed by atoms with Crippen molar-refractivity contribution in [1.29, 1.82) is 0 Å². The third-order valence-corrected chi connectivity index (χ3v) is 7.06. The van der Waals surface area contributed by atoms with E-state index in [1.807, 2.05) is 0 Å². The summed E-state index contributed by atoms with van der Waals surface area (Å²) >= 11 is 0. The van der Waals surface area contributed by atoms with Gasteiger partial charge in [0, 0.05) is 11.1 Å². The third-order valence-electron chi connectivity index (χ3n) is 7.06. The number of ether oxygens (including phenoxy) is 4. The zero-order valence-corrected chi connectivity index (χ0v) is 18.5. The highest BCUT2D eigenvalue weighted by molar-refractivity contribution is 5.96. The Kier molecular flexibility index (Phi) is 5.97. The van der Waals surface area contributed by atoms with E-state index in [2.05, 4.69) is 31.3 Å². The molecule has 2 fully saturated rings. The quantitative estimate of drug-likeness (QED) is 0.540. The molecule has 2 aliphatic carbocycles. The first-order valence-electron chi connectivity index (χ1n) is 10.0. The summed E-state index contributed by atoms with van der Waals surface area (Å²) in [6.45, 7) is 6.33. The second kappa shape index (κ2) is 8.16. The molecule has 2 atom stereocenters. The molecule has 2 bridgehead atoms. The molecule has 0 heterocycles. The van der Waals surface area contributed by atoms with E-state index in [-0.39, 0.29) is 16.4 Å². The number of benzene rings is 1. The topological polar surface area (TPSA) is 95.5 Å². The Morgan fingerprint density at radius 1 is 1.10 bits per heavy atom. The van der Waals surface area contributed by atoms with Gasteiger partial charge in [-0.1, -0.05) is 20.8 Å². The number of hydrogen-bond donors (Lipinski definition) is 1. The first-order chi connectivity index (χ1) is 14.2. The zero-order chi connectivity index (χ0) is 22.1. The molecule has 1 amide bonds. The van der Waals surface area contributed by atoms with Gasteiger partial charge in [-0.05, 0) is 42.7 Å². The van der Waals surface area contributed by atoms with E-state index in [1.165, 1.54) is 39.9 Å². The van der Waals surface area contributed by atoms with Crippen molar-refractivity contribution < 1.29 is 28.5 Å². The van der Waals surface area contributed by atoms with Crippen LogP contribution in [0.2, 0.25) is 0 Å². The van der Waals surface area contributed by atoms with Gasteiger partial charge in [-0.2, -0.15) is 5.10 Å². The summed E-state index contributed by atoms with van der Waals surface area (Å²) in [6.07, 6.45) is 3.17. The van der Waals surface area contributed by atoms with Crippen molar-refractivity contribution in [3.05, 3.63) is 17.7 Å². The molecule has 3 rings (SSSR count). The second-order valence-corrected chi connectivity index (χ2v) is 8.58. The van der Waals surface area contributed by atoms with E-state index in [1.54, 1.807) is 0 Å². The highest BCUT2D eigenvalue weighted by atomic mass is 16.5. The first kappa shape index (κ1) is 21.9. The first-order valence-corrected chi connectivity index (χ1v) is 10.0. The van der Waals surface area contributed by atoms with Crippen LogP contribution < -0.4 is 19.6 Å². The fraction of sp³-hybridized carbons (Fsp3) is 0.591. The lowest BCUT2D eigenvalue weighted by molar-refractivity contribution is -0.124. The van der Waals surface area contributed by atoms with Crippen LogP contribution in [0.5, 0.6) is 17.2 Å². The molecule has 1 N–H and O–H groups in total. The Balaban J connectivity index is 1.61. The van der Waals surface area contributed by atoms with E-state index in [4.69, 9.17) is 18.9 Å². The molecule has 30 heavy (non-hydrogen) atoms. The molecule has 8 nitrogen and oxygen atoms in total. The minimum absolute atomic E-state index is 0.00216. The average Bonchev–Trinajstić information content (AvgIpc) is 3.08. The van der Waals surface area contributed by atoms with Gasteiger partial charge < -0.3 is 18.9 Å². The molecule has 0 saturated heterocycles. The summed E-state index contributed by atoms with van der Waals surface area (Å²) in [5.74, 6) is 0.458. The molecule has 2 saturated carbocycles. The lowest BCUT2D eigenvalue weighted by Crippen LogP contribution is -2.34. The maximum Gasteiger partial charge on any atom is 0.338 e. The predicted molar refractivity (Wildman–Crippen MR) is 111 cm³/mol. The van der Waals surface area contributed by atoms with Crippen molar-refractivity contribution in [2.75, 3.05) is 27.9 Å². The van der Waals surface area contributed by atoms with Crippen LogP contribution in [-0.4, -0.2) is 45.5 Å². The Bertz CT molecular complexity index is 853. The molecule has 0 spiro atoms. The van der Waals surface area contributed by atoms with Gasteiger partial charge in [0.2, 0.25) is 5.75 Å². The van der Waals surface area contributed by atoms with Crippen molar-refractivity contribution in [2.24, 2.45) is 21.8 Å². The SMILES string of the molecule is COc1cc(C(=O)OCC(=O)N/N=C2\CC3CCC2(C)C3(C)C)cc(OC)c1OC. The number of nitrogens with zero attached hydrogens (tertiary/aromatic N) is 1. The monoisotopic (exact) mass is 418 g/mol. The summed E-state index contributed by atoms with van der Waals surface area (Å²) < 4.78 is 20.8. The van der Waals surface area contributed by atoms with Crippen LogP contribution in [0, 0.1) is 16.7 Å². The number of hydrazone groups is 1. The maximum absolute atomic E-state index is 12.4. The van der Waals surface area contributed by atoms with E-state index in [0.29, 0.717) is 23.2 Å². The molecule has 164 valence electrons. The van der Waals surface area contributed by atoms with Crippen LogP contribution in [-0.2, 0) is 9.53 Å². The number of esters is 1. The molecule has 2 unspecified atom stereocenters. The maximum atomic E-state index is 12.4. The number of fused-ring (bicyclic) bond motifs is 2. The lowest BCUT2D eigenvalue weighted by atomic mass is 9.70. The fourth-order valence-corrected chi connectivity index (χ4v) is 4.67. The van der Waals surface area contributed by atoms with E-state index in [0.717, 1.165) is 18.6 Å². The highest BCUT2D eigenvalue weighted by Gasteiger charge is 2.60. The van der Waals surface area contributed by atoms with E-state index < -0.39 is 18.5 Å². The van der Waals surface area contributed by atoms with Crippen molar-refractivity contribution in [3.63, 3.8) is 0 Å². The van der Waals surface area contributed by atoms with Crippen LogP contribution in [0.15, 0.2) is 17.2 Å². The summed E-state index contributed by atoms with van der Waals surface area (Å²) in [6, 6.07) is 2.94. The van der Waals surface area contributed by atoms with Gasteiger partial charge in [0.25, 0.3) is 5.91 Å². The Morgan fingerprint density at radius 2 is 1.73 bits per heavy atom. The predicted octanol–water partition coefficient (Wildman–Crippen LogP) is 3.19. The van der Waals surface area contributed by atoms with Crippen LogP contribution in [0.1, 0.15) is 50.4 Å². The molecular weight excluding hydrogens is 388 g/mol. The number of carbonyl (C=O) groups excluding carboxylic acids is 2. The van der Waals surface area contributed by atoms with Gasteiger partial charge in [-0.15, -0.1) is 0 Å². The number of carbonyl (C=O) groups is 2. The smallest absolute Gasteiger partial charge is 0.338 e. The number of methoxy groups -OCH3 is 3. The minimum atomic E-state index is -0.676. The minimum Gasteiger partial charge on any atom is -0.493 e. The third kappa shape index (κ3) is 3.59. The molecule has 1 aromatic carbocycles. The van der Waals surface area contributed by atoms with Crippen molar-refractivity contribution >= 4 is 17.6 Å². The van der Waals surface area contributed by atoms with Gasteiger partial charge in [0.15, 0.2) is 18.1 Å². The normalized spacial score (nSPS) is 25.1. The van der Waals surface area contributed by atoms with Crippen molar-refractivity contribution in [1.82, 2.24) is 5.43 Å². The van der Waals surface area contributed by atoms with E-state index in [9.17, 15) is 9.59 Å². The molecular formula is C22H30N2O6. The average molecular weight is 418 g/mol. The number of nitrogens with one attached hydrogen (secondary N) is 1. The van der Waals surface area contributed by atoms with Gasteiger partial charge in [0.05, 0.1) is 26.9 Å². The lowest BCUT2D eigenvalue weighted by Gasteiger charge is -2.34. The Hall–Kier alpha value is -2.77. The molecule has 0 aliphatic heterocycles. The van der Waals surface area contributed by atoms with Crippen LogP contribution in [0.25, 0.3) is 0 Å². The van der Waals surface area contributed by atoms with Crippen LogP contribution >= 0.6 is 0 Å². The number of amides is 1. The molecule has 0 radical (unpaired) electrons. The summed E-state index contributed by atoms with van der Waals surface area (Å²) in [4.78, 5) is 24.6. The Labute approximate surface area is 176 Å². The summed E-state index contributed by atoms with van der Waals surface area (Å²) in [5, 5.41) is 4.37. The van der Waals surface area contributed by atoms with Crippen LogP contribution in [0.3, 0.4) is 0 Å². The van der Waals surface area contributed by atoms with Gasteiger partial charge in [-0.3, -0.25) is 4.79 Å². The van der Waals surface area contributed by atoms with Crippen molar-refractivity contribution in [2.45, 2.75) is 40.0 Å². The molecule has 0 aromatic heterocycles. The van der Waals surface area contributed by atoms with Crippen LogP contribution in [0.4, 0.5) is 0 Å². The van der Waals surface area contributed by atoms with Crippen molar-refractivity contribution in [3.8, 4) is 17.2 Å². The largest absolute Gasteiger partial charge is 0.493 e. The standard InChI is InChI=1S/C22H30N2O6/c1-21(2)14-7-8-22(21,3)17(11-14)23-24-18(25)12-30-20(26)13-9-15(27-4)19(29-6)16(10-13)28-5/h9-10,14H,7-8,11-12H2,1-6H3,(H,24,25)/b23-17+. The fourth-order valence-electron chi connectivity index (χ4n) is 4.67.